The highest BCUT2D eigenvalue weighted by atomic mass is 79.9. The number of nitrogens with one attached hydrogen (secondary N) is 2. The Balaban J connectivity index is 2.15. The molecule has 4 N–H and O–H groups in total. The molecule has 0 saturated heterocycles. The Bertz CT molecular complexity index is 424. The molecule has 1 unspecified atom stereocenters. The molecular weight excluding hydrogens is 324 g/mol. The van der Waals surface area contributed by atoms with Crippen molar-refractivity contribution in [2.24, 2.45) is 0 Å². The van der Waals surface area contributed by atoms with Gasteiger partial charge in [-0.3, -0.25) is 0 Å². The molecule has 18 heavy (non-hydrogen) atoms. The first-order valence-corrected chi connectivity index (χ1v) is 6.77. The summed E-state index contributed by atoms with van der Waals surface area (Å²) < 4.78 is 1.03. The first-order valence-electron chi connectivity index (χ1n) is 5.16. The predicted octanol–water partition coefficient (Wildman–Crippen LogP) is 0.798. The van der Waals surface area contributed by atoms with Crippen molar-refractivity contribution in [1.29, 1.82) is 0 Å². The van der Waals surface area contributed by atoms with Gasteiger partial charge in [0.05, 0.1) is 10.3 Å². The first-order chi connectivity index (χ1) is 8.49. The van der Waals surface area contributed by atoms with Gasteiger partial charge < -0.3 is 20.8 Å². The number of urea groups is 1. The SMILES string of the molecule is O=C(NCCc1ccc(Br)s1)NCC(O)C(=O)O. The Hall–Kier alpha value is -1.12. The van der Waals surface area contributed by atoms with Crippen molar-refractivity contribution < 1.29 is 19.8 Å². The van der Waals surface area contributed by atoms with Gasteiger partial charge in [-0.15, -0.1) is 11.3 Å². The second kappa shape index (κ2) is 7.34. The number of carbonyl (C=O) groups excluding carboxylic acids is 1. The number of thiophene rings is 1. The van der Waals surface area contributed by atoms with Gasteiger partial charge in [0.2, 0.25) is 0 Å². The molecule has 1 rings (SSSR count). The molecule has 8 heteroatoms. The summed E-state index contributed by atoms with van der Waals surface area (Å²) in [6.07, 6.45) is -0.880. The number of halogens is 1. The molecule has 0 aliphatic carbocycles. The first kappa shape index (κ1) is 14.9. The molecule has 0 aliphatic rings. The van der Waals surface area contributed by atoms with E-state index < -0.39 is 18.1 Å². The number of hydrogen-bond acceptors (Lipinski definition) is 4. The van der Waals surface area contributed by atoms with Gasteiger partial charge in [0.25, 0.3) is 0 Å². The number of carbonyl (C=O) groups is 2. The lowest BCUT2D eigenvalue weighted by Crippen LogP contribution is -2.42. The quantitative estimate of drug-likeness (QED) is 0.617. The topological polar surface area (TPSA) is 98.7 Å². The summed E-state index contributed by atoms with van der Waals surface area (Å²) >= 11 is 4.93. The summed E-state index contributed by atoms with van der Waals surface area (Å²) in [4.78, 5) is 22.7. The monoisotopic (exact) mass is 336 g/mol. The van der Waals surface area contributed by atoms with Crippen LogP contribution in [0.25, 0.3) is 0 Å². The van der Waals surface area contributed by atoms with Crippen molar-refractivity contribution in [1.82, 2.24) is 10.6 Å². The number of aliphatic hydroxyl groups excluding tert-OH is 1. The maximum absolute atomic E-state index is 11.2. The van der Waals surface area contributed by atoms with Crippen LogP contribution in [0.1, 0.15) is 4.88 Å². The second-order valence-corrected chi connectivity index (χ2v) is 5.99. The zero-order chi connectivity index (χ0) is 13.5. The van der Waals surface area contributed by atoms with Crippen molar-refractivity contribution in [3.05, 3.63) is 20.8 Å². The van der Waals surface area contributed by atoms with Gasteiger partial charge in [-0.25, -0.2) is 9.59 Å². The van der Waals surface area contributed by atoms with E-state index >= 15 is 0 Å². The van der Waals surface area contributed by atoms with Gasteiger partial charge in [0.1, 0.15) is 0 Å². The van der Waals surface area contributed by atoms with E-state index in [1.807, 2.05) is 12.1 Å². The number of carboxylic acids is 1. The average molecular weight is 337 g/mol. The minimum atomic E-state index is -1.58. The molecule has 2 amide bonds. The molecule has 100 valence electrons. The summed E-state index contributed by atoms with van der Waals surface area (Å²) in [7, 11) is 0. The summed E-state index contributed by atoms with van der Waals surface area (Å²) in [5, 5.41) is 22.2. The molecule has 0 radical (unpaired) electrons. The van der Waals surface area contributed by atoms with Crippen molar-refractivity contribution in [3.63, 3.8) is 0 Å². The van der Waals surface area contributed by atoms with Crippen LogP contribution in [0, 0.1) is 0 Å². The van der Waals surface area contributed by atoms with Crippen LogP contribution in [-0.2, 0) is 11.2 Å². The lowest BCUT2D eigenvalue weighted by Gasteiger charge is -2.08. The third-order valence-electron chi connectivity index (χ3n) is 2.03. The van der Waals surface area contributed by atoms with E-state index in [4.69, 9.17) is 10.2 Å². The van der Waals surface area contributed by atoms with Crippen molar-refractivity contribution in [3.8, 4) is 0 Å². The lowest BCUT2D eigenvalue weighted by molar-refractivity contribution is -0.146. The Morgan fingerprint density at radius 2 is 2.11 bits per heavy atom. The van der Waals surface area contributed by atoms with Crippen LogP contribution in [0.4, 0.5) is 4.79 Å². The summed E-state index contributed by atoms with van der Waals surface area (Å²) in [6.45, 7) is 0.133. The van der Waals surface area contributed by atoms with Gasteiger partial charge >= 0.3 is 12.0 Å². The van der Waals surface area contributed by atoms with Gasteiger partial charge in [0, 0.05) is 11.4 Å². The highest BCUT2D eigenvalue weighted by molar-refractivity contribution is 9.11. The number of aliphatic carboxylic acids is 1. The van der Waals surface area contributed by atoms with Crippen molar-refractivity contribution >= 4 is 39.3 Å². The van der Waals surface area contributed by atoms with E-state index in [9.17, 15) is 9.59 Å². The van der Waals surface area contributed by atoms with E-state index in [1.165, 1.54) is 0 Å². The van der Waals surface area contributed by atoms with Crippen molar-refractivity contribution in [2.45, 2.75) is 12.5 Å². The third-order valence-corrected chi connectivity index (χ3v) is 3.71. The van der Waals surface area contributed by atoms with Gasteiger partial charge in [-0.05, 0) is 34.5 Å². The number of amides is 2. The number of rotatable bonds is 6. The molecule has 1 heterocycles. The molecule has 0 fully saturated rings. The van der Waals surface area contributed by atoms with Gasteiger partial charge in [-0.1, -0.05) is 0 Å². The molecule has 1 aromatic heterocycles. The fraction of sp³-hybridized carbons (Fsp3) is 0.400. The molecule has 1 aromatic rings. The zero-order valence-corrected chi connectivity index (χ0v) is 11.8. The highest BCUT2D eigenvalue weighted by Crippen LogP contribution is 2.21. The highest BCUT2D eigenvalue weighted by Gasteiger charge is 2.13. The Labute approximate surface area is 116 Å². The van der Waals surface area contributed by atoms with Crippen LogP contribution < -0.4 is 10.6 Å². The molecule has 0 saturated carbocycles. The third kappa shape index (κ3) is 5.48. The minimum Gasteiger partial charge on any atom is -0.479 e. The molecule has 0 aliphatic heterocycles. The van der Waals surface area contributed by atoms with Crippen LogP contribution in [0.2, 0.25) is 0 Å². The zero-order valence-electron chi connectivity index (χ0n) is 9.35. The van der Waals surface area contributed by atoms with E-state index in [-0.39, 0.29) is 6.54 Å². The minimum absolute atomic E-state index is 0.314. The van der Waals surface area contributed by atoms with Crippen molar-refractivity contribution in [2.75, 3.05) is 13.1 Å². The van der Waals surface area contributed by atoms with E-state index in [0.29, 0.717) is 13.0 Å². The van der Waals surface area contributed by atoms with E-state index in [0.717, 1.165) is 8.66 Å². The predicted molar refractivity (Wildman–Crippen MR) is 70.8 cm³/mol. The largest absolute Gasteiger partial charge is 0.479 e. The summed E-state index contributed by atoms with van der Waals surface area (Å²) in [6, 6.07) is 3.40. The van der Waals surface area contributed by atoms with Crippen LogP contribution >= 0.6 is 27.3 Å². The average Bonchev–Trinajstić information content (AvgIpc) is 2.71. The summed E-state index contributed by atoms with van der Waals surface area (Å²) in [5.74, 6) is -1.36. The molecular formula is C10H13BrN2O4S. The number of hydrogen-bond donors (Lipinski definition) is 4. The fourth-order valence-corrected chi connectivity index (χ4v) is 2.61. The Kier molecular flexibility index (Phi) is 6.10. The Morgan fingerprint density at radius 3 is 2.67 bits per heavy atom. The van der Waals surface area contributed by atoms with Gasteiger partial charge in [0.15, 0.2) is 6.10 Å². The molecule has 1 atom stereocenters. The smallest absolute Gasteiger partial charge is 0.334 e. The Morgan fingerprint density at radius 1 is 1.39 bits per heavy atom. The van der Waals surface area contributed by atoms with Crippen LogP contribution in [0.5, 0.6) is 0 Å². The van der Waals surface area contributed by atoms with Crippen LogP contribution in [0.3, 0.4) is 0 Å². The van der Waals surface area contributed by atoms with Crippen LogP contribution in [0.15, 0.2) is 15.9 Å². The van der Waals surface area contributed by atoms with E-state index in [1.54, 1.807) is 11.3 Å². The van der Waals surface area contributed by atoms with Gasteiger partial charge in [-0.2, -0.15) is 0 Å². The molecule has 0 aromatic carbocycles. The standard InChI is InChI=1S/C10H13BrN2O4S/c11-8-2-1-6(18-8)3-4-12-10(17)13-5-7(14)9(15)16/h1-2,7,14H,3-5H2,(H,15,16)(H2,12,13,17). The normalized spacial score (nSPS) is 11.9. The molecule has 0 spiro atoms. The summed E-state index contributed by atoms with van der Waals surface area (Å²) in [5.41, 5.74) is 0. The molecule has 6 nitrogen and oxygen atoms in total. The van der Waals surface area contributed by atoms with Crippen LogP contribution in [-0.4, -0.2) is 41.4 Å². The maximum atomic E-state index is 11.2. The second-order valence-electron chi connectivity index (χ2n) is 3.45. The molecule has 0 bridgehead atoms. The van der Waals surface area contributed by atoms with E-state index in [2.05, 4.69) is 26.6 Å². The maximum Gasteiger partial charge on any atom is 0.334 e. The fourth-order valence-electron chi connectivity index (χ4n) is 1.12. The number of aliphatic hydroxyl groups is 1. The number of carboxylic acid groups (broad SMARTS) is 1. The lowest BCUT2D eigenvalue weighted by atomic mass is 10.3.